The summed E-state index contributed by atoms with van der Waals surface area (Å²) in [6, 6.07) is 44.9. The smallest absolute Gasteiger partial charge is 0.268 e. The fourth-order valence-corrected chi connectivity index (χ4v) is 9.15. The average Bonchev–Trinajstić information content (AvgIpc) is 3.47. The van der Waals surface area contributed by atoms with Crippen molar-refractivity contribution >= 4 is 84.0 Å². The van der Waals surface area contributed by atoms with E-state index in [4.69, 9.17) is 14.2 Å². The van der Waals surface area contributed by atoms with Gasteiger partial charge in [0.05, 0.1) is 5.69 Å². The number of ether oxygens (including phenoxy) is 3. The number of anilines is 3. The lowest BCUT2D eigenvalue weighted by atomic mass is 9.32. The van der Waals surface area contributed by atoms with Gasteiger partial charge in [-0.1, -0.05) is 72.8 Å². The van der Waals surface area contributed by atoms with Crippen molar-refractivity contribution in [1.82, 2.24) is 0 Å². The summed E-state index contributed by atoms with van der Waals surface area (Å²) < 4.78 is 22.4. The summed E-state index contributed by atoms with van der Waals surface area (Å²) in [5.74, 6) is 5.15. The Labute approximate surface area is 264 Å². The van der Waals surface area contributed by atoms with Crippen LogP contribution in [-0.4, -0.2) is 13.4 Å². The molecule has 11 rings (SSSR count). The van der Waals surface area contributed by atoms with Crippen LogP contribution in [0.25, 0.3) is 10.1 Å². The third-order valence-electron chi connectivity index (χ3n) is 9.64. The first kappa shape index (κ1) is 24.0. The number of para-hydroxylation sites is 2. The highest BCUT2D eigenvalue weighted by Crippen LogP contribution is 2.46. The highest BCUT2D eigenvalue weighted by atomic mass is 32.1. The van der Waals surface area contributed by atoms with Gasteiger partial charge in [0, 0.05) is 37.8 Å². The van der Waals surface area contributed by atoms with E-state index < -0.39 is 0 Å². The molecule has 0 amide bonds. The zero-order valence-corrected chi connectivity index (χ0v) is 24.7. The normalized spacial score (nSPS) is 14.2. The second kappa shape index (κ2) is 8.62. The molecule has 4 aliphatic heterocycles. The molecule has 7 heteroatoms. The van der Waals surface area contributed by atoms with Gasteiger partial charge >= 0.3 is 0 Å². The average molecular weight is 593 g/mol. The molecule has 0 spiro atoms. The predicted octanol–water partition coefficient (Wildman–Crippen LogP) is 6.03. The Morgan fingerprint density at radius 3 is 1.98 bits per heavy atom. The van der Waals surface area contributed by atoms with Crippen LogP contribution >= 0.6 is 11.3 Å². The van der Waals surface area contributed by atoms with Gasteiger partial charge in [0.15, 0.2) is 0 Å². The summed E-state index contributed by atoms with van der Waals surface area (Å²) in [5.41, 5.74) is 9.31. The van der Waals surface area contributed by atoms with Gasteiger partial charge in [-0.25, -0.2) is 0 Å². The number of thiophene rings is 1. The van der Waals surface area contributed by atoms with Crippen molar-refractivity contribution in [3.05, 3.63) is 127 Å². The van der Waals surface area contributed by atoms with Gasteiger partial charge in [0.2, 0.25) is 0 Å². The third kappa shape index (κ3) is 3.13. The molecule has 0 N–H and O–H groups in total. The van der Waals surface area contributed by atoms with Crippen molar-refractivity contribution in [2.24, 2.45) is 0 Å². The van der Waals surface area contributed by atoms with Crippen molar-refractivity contribution < 1.29 is 14.2 Å². The van der Waals surface area contributed by atoms with E-state index >= 15 is 0 Å². The monoisotopic (exact) mass is 593 g/mol. The Morgan fingerprint density at radius 1 is 0.489 bits per heavy atom. The maximum Gasteiger partial charge on any atom is 0.268 e. The van der Waals surface area contributed by atoms with Crippen LogP contribution in [0.1, 0.15) is 0 Å². The van der Waals surface area contributed by atoms with Crippen molar-refractivity contribution in [3.8, 4) is 34.5 Å². The van der Waals surface area contributed by atoms with Crippen molar-refractivity contribution in [2.75, 3.05) is 4.90 Å². The van der Waals surface area contributed by atoms with Gasteiger partial charge in [0.25, 0.3) is 13.4 Å². The molecule has 0 radical (unpaired) electrons. The Hall–Kier alpha value is -5.39. The second-order valence-electron chi connectivity index (χ2n) is 12.0. The van der Waals surface area contributed by atoms with Gasteiger partial charge < -0.3 is 19.1 Å². The molecule has 7 aromatic rings. The van der Waals surface area contributed by atoms with Crippen LogP contribution in [0.3, 0.4) is 0 Å². The largest absolute Gasteiger partial charge is 0.458 e. The molecule has 208 valence electrons. The summed E-state index contributed by atoms with van der Waals surface area (Å²) in [7, 11) is 0. The van der Waals surface area contributed by atoms with Crippen molar-refractivity contribution in [2.45, 2.75) is 0 Å². The molecule has 0 saturated heterocycles. The van der Waals surface area contributed by atoms with Crippen molar-refractivity contribution in [1.29, 1.82) is 0 Å². The van der Waals surface area contributed by atoms with Gasteiger partial charge in [0.1, 0.15) is 34.5 Å². The van der Waals surface area contributed by atoms with E-state index in [-0.39, 0.29) is 13.4 Å². The van der Waals surface area contributed by atoms with E-state index in [1.54, 1.807) is 0 Å². The SMILES string of the molecule is c1ccc(N2c3cccc4c3B(c3cc5c(cc3O4)Oc3cccc4c3B5c3ccccc3O4)c3sc4ccccc4c32)cc1. The Kier molecular flexibility index (Phi) is 4.59. The third-order valence-corrected chi connectivity index (χ3v) is 10.9. The minimum absolute atomic E-state index is 0.00173. The lowest BCUT2D eigenvalue weighted by Gasteiger charge is -2.39. The van der Waals surface area contributed by atoms with Crippen molar-refractivity contribution in [3.63, 3.8) is 0 Å². The fraction of sp³-hybridized carbons (Fsp3) is 0. The lowest BCUT2D eigenvalue weighted by molar-refractivity contribution is 0.456. The van der Waals surface area contributed by atoms with Gasteiger partial charge in [-0.15, -0.1) is 11.3 Å². The van der Waals surface area contributed by atoms with E-state index in [2.05, 4.69) is 108 Å². The minimum atomic E-state index is -0.00173. The van der Waals surface area contributed by atoms with E-state index in [1.807, 2.05) is 35.6 Å². The Balaban J connectivity index is 1.20. The zero-order valence-electron chi connectivity index (χ0n) is 23.9. The summed E-state index contributed by atoms with van der Waals surface area (Å²) in [5, 5.41) is 1.27. The molecule has 45 heavy (non-hydrogen) atoms. The zero-order chi connectivity index (χ0) is 29.2. The molecular formula is C38H21B2NO3S. The number of nitrogens with zero attached hydrogens (tertiary/aromatic N) is 1. The van der Waals surface area contributed by atoms with Crippen LogP contribution in [0.5, 0.6) is 34.5 Å². The fourth-order valence-electron chi connectivity index (χ4n) is 7.83. The maximum absolute atomic E-state index is 6.80. The highest BCUT2D eigenvalue weighted by molar-refractivity contribution is 7.33. The summed E-state index contributed by atoms with van der Waals surface area (Å²) in [6.45, 7) is 0.0162. The molecule has 6 aromatic carbocycles. The molecular weight excluding hydrogens is 572 g/mol. The number of hydrogen-bond acceptors (Lipinski definition) is 5. The molecule has 5 heterocycles. The molecule has 0 unspecified atom stereocenters. The number of benzene rings is 6. The lowest BCUT2D eigenvalue weighted by Crippen LogP contribution is -2.62. The second-order valence-corrected chi connectivity index (χ2v) is 13.1. The van der Waals surface area contributed by atoms with E-state index in [0.29, 0.717) is 0 Å². The minimum Gasteiger partial charge on any atom is -0.458 e. The first-order valence-electron chi connectivity index (χ1n) is 15.2. The van der Waals surface area contributed by atoms with Crippen LogP contribution in [0.2, 0.25) is 0 Å². The highest BCUT2D eigenvalue weighted by Gasteiger charge is 2.46. The van der Waals surface area contributed by atoms with E-state index in [1.165, 1.54) is 31.5 Å². The number of hydrogen-bond donors (Lipinski definition) is 0. The molecule has 4 aliphatic rings. The Morgan fingerprint density at radius 2 is 1.13 bits per heavy atom. The van der Waals surface area contributed by atoms with E-state index in [0.717, 1.165) is 62.3 Å². The molecule has 0 aliphatic carbocycles. The van der Waals surface area contributed by atoms with Gasteiger partial charge in [-0.3, -0.25) is 0 Å². The Bertz CT molecular complexity index is 2410. The van der Waals surface area contributed by atoms with Crippen LogP contribution in [0.15, 0.2) is 127 Å². The van der Waals surface area contributed by atoms with Crippen LogP contribution in [0.4, 0.5) is 17.1 Å². The first-order chi connectivity index (χ1) is 22.3. The number of fused-ring (bicyclic) bond motifs is 10. The van der Waals surface area contributed by atoms with Crippen LogP contribution in [0, 0.1) is 0 Å². The summed E-state index contributed by atoms with van der Waals surface area (Å²) >= 11 is 1.89. The molecule has 4 nitrogen and oxygen atoms in total. The quantitative estimate of drug-likeness (QED) is 0.218. The molecule has 0 saturated carbocycles. The topological polar surface area (TPSA) is 30.9 Å². The molecule has 1 aromatic heterocycles. The van der Waals surface area contributed by atoms with Gasteiger partial charge in [-0.2, -0.15) is 0 Å². The van der Waals surface area contributed by atoms with Crippen LogP contribution in [-0.2, 0) is 0 Å². The van der Waals surface area contributed by atoms with Crippen LogP contribution < -0.4 is 51.2 Å². The van der Waals surface area contributed by atoms with E-state index in [9.17, 15) is 0 Å². The maximum atomic E-state index is 6.80. The first-order valence-corrected chi connectivity index (χ1v) is 16.1. The summed E-state index contributed by atoms with van der Waals surface area (Å²) in [6.07, 6.45) is 0. The molecule has 0 fully saturated rings. The molecule has 0 atom stereocenters. The standard InChI is InChI=1S/C38H21B2NO3S/c1-2-10-22(11-3-1)41-27-14-8-16-29-35(27)40(38-37(41)23-12-4-7-19-34(23)45-38)26-20-25-32(21-33(26)43-29)44-31-18-9-17-30-36(31)39(25)24-13-5-6-15-28(24)42-30/h1-21H. The van der Waals surface area contributed by atoms with Gasteiger partial charge in [-0.05, 0) is 70.4 Å². The number of rotatable bonds is 1. The summed E-state index contributed by atoms with van der Waals surface area (Å²) in [4.78, 5) is 2.43. The molecule has 0 bridgehead atoms. The predicted molar refractivity (Wildman–Crippen MR) is 185 cm³/mol.